The minimum atomic E-state index is -4.88. The van der Waals surface area contributed by atoms with E-state index in [1.54, 1.807) is 0 Å². The highest BCUT2D eigenvalue weighted by atomic mass is 32.3. The van der Waals surface area contributed by atoms with Gasteiger partial charge in [-0.05, 0) is 12.8 Å². The van der Waals surface area contributed by atoms with Crippen LogP contribution in [0.5, 0.6) is 0 Å². The van der Waals surface area contributed by atoms with Crippen LogP contribution in [0.15, 0.2) is 0 Å². The molecular weight excluding hydrogens is 293 g/mol. The fourth-order valence-electron chi connectivity index (χ4n) is 2.39. The van der Waals surface area contributed by atoms with Gasteiger partial charge in [-0.25, -0.2) is 4.79 Å². The molecule has 11 heteroatoms. The number of urea groups is 1. The maximum Gasteiger partial charge on any atom is 0.418 e. The van der Waals surface area contributed by atoms with E-state index in [1.807, 2.05) is 0 Å². The highest BCUT2D eigenvalue weighted by Gasteiger charge is 2.49. The van der Waals surface area contributed by atoms with Gasteiger partial charge < -0.3 is 4.90 Å². The molecule has 7 nitrogen and oxygen atoms in total. The van der Waals surface area contributed by atoms with Crippen molar-refractivity contribution in [1.29, 1.82) is 0 Å². The normalized spacial score (nSPS) is 28.1. The lowest BCUT2D eigenvalue weighted by Crippen LogP contribution is -2.42. The number of halogens is 3. The lowest BCUT2D eigenvalue weighted by molar-refractivity contribution is -0.146. The first-order valence-corrected chi connectivity index (χ1v) is 6.77. The van der Waals surface area contributed by atoms with Gasteiger partial charge in [0.25, 0.3) is 0 Å². The summed E-state index contributed by atoms with van der Waals surface area (Å²) < 4.78 is 70.8. The number of amides is 2. The molecule has 2 aliphatic heterocycles. The van der Waals surface area contributed by atoms with Crippen LogP contribution >= 0.6 is 0 Å². The lowest BCUT2D eigenvalue weighted by atomic mass is 9.98. The van der Waals surface area contributed by atoms with Gasteiger partial charge >= 0.3 is 22.6 Å². The molecule has 2 saturated heterocycles. The van der Waals surface area contributed by atoms with Crippen LogP contribution < -0.4 is 0 Å². The minimum Gasteiger partial charge on any atom is -0.317 e. The van der Waals surface area contributed by atoms with Gasteiger partial charge in [-0.3, -0.25) is 4.55 Å². The van der Waals surface area contributed by atoms with E-state index in [0.29, 0.717) is 5.06 Å². The Morgan fingerprint density at radius 3 is 2.53 bits per heavy atom. The maximum absolute atomic E-state index is 12.3. The molecule has 110 valence electrons. The molecule has 0 aliphatic carbocycles. The van der Waals surface area contributed by atoms with Crippen molar-refractivity contribution in [2.75, 3.05) is 6.54 Å². The molecule has 0 aromatic rings. The van der Waals surface area contributed by atoms with E-state index < -0.39 is 41.1 Å². The molecule has 0 radical (unpaired) electrons. The van der Waals surface area contributed by atoms with Crippen molar-refractivity contribution in [3.8, 4) is 0 Å². The summed E-state index contributed by atoms with van der Waals surface area (Å²) in [6.07, 6.45) is -5.28. The molecule has 0 saturated carbocycles. The molecule has 2 amide bonds. The molecular formula is C8H11F3N2O5S. The third-order valence-corrected chi connectivity index (χ3v) is 3.44. The van der Waals surface area contributed by atoms with Crippen molar-refractivity contribution in [2.45, 2.75) is 37.5 Å². The van der Waals surface area contributed by atoms with Crippen molar-refractivity contribution < 1.29 is 35.2 Å². The van der Waals surface area contributed by atoms with Crippen LogP contribution in [-0.4, -0.2) is 53.8 Å². The lowest BCUT2D eigenvalue weighted by Gasteiger charge is -2.30. The van der Waals surface area contributed by atoms with Gasteiger partial charge in [0.2, 0.25) is 0 Å². The van der Waals surface area contributed by atoms with Crippen LogP contribution in [0.1, 0.15) is 19.3 Å². The smallest absolute Gasteiger partial charge is 0.317 e. The topological polar surface area (TPSA) is 87.2 Å². The van der Waals surface area contributed by atoms with Crippen molar-refractivity contribution in [2.24, 2.45) is 0 Å². The van der Waals surface area contributed by atoms with Gasteiger partial charge in [0.05, 0.1) is 12.5 Å². The van der Waals surface area contributed by atoms with Crippen LogP contribution in [0.25, 0.3) is 0 Å². The Morgan fingerprint density at radius 2 is 2.00 bits per heavy atom. The van der Waals surface area contributed by atoms with E-state index in [4.69, 9.17) is 4.55 Å². The Balaban J connectivity index is 2.11. The van der Waals surface area contributed by atoms with Crippen LogP contribution in [0.2, 0.25) is 0 Å². The number of carbonyl (C=O) groups is 1. The van der Waals surface area contributed by atoms with Crippen molar-refractivity contribution >= 4 is 16.4 Å². The monoisotopic (exact) mass is 304 g/mol. The molecule has 2 fully saturated rings. The molecule has 2 bridgehead atoms. The fraction of sp³-hybridized carbons (Fsp3) is 0.875. The number of fused-ring (bicyclic) bond motifs is 2. The second kappa shape index (κ2) is 4.49. The second-order valence-electron chi connectivity index (χ2n) is 4.47. The van der Waals surface area contributed by atoms with Gasteiger partial charge in [-0.15, -0.1) is 4.28 Å². The first kappa shape index (κ1) is 14.3. The average molecular weight is 304 g/mol. The molecule has 2 aliphatic rings. The summed E-state index contributed by atoms with van der Waals surface area (Å²) in [6, 6.07) is -2.67. The number of nitrogens with zero attached hydrogens (tertiary/aromatic N) is 2. The number of hydrogen-bond acceptors (Lipinski definition) is 4. The van der Waals surface area contributed by atoms with Crippen molar-refractivity contribution in [1.82, 2.24) is 9.96 Å². The van der Waals surface area contributed by atoms with Gasteiger partial charge in [-0.2, -0.15) is 26.7 Å². The average Bonchev–Trinajstić information content (AvgIpc) is 2.44. The zero-order valence-electron chi connectivity index (χ0n) is 9.50. The van der Waals surface area contributed by atoms with Gasteiger partial charge in [0.1, 0.15) is 0 Å². The number of hydroxylamine groups is 2. The minimum absolute atomic E-state index is 0.0465. The summed E-state index contributed by atoms with van der Waals surface area (Å²) >= 11 is 0. The van der Waals surface area contributed by atoms with E-state index in [9.17, 15) is 26.4 Å². The van der Waals surface area contributed by atoms with Crippen LogP contribution in [0.4, 0.5) is 18.0 Å². The Labute approximate surface area is 106 Å². The quantitative estimate of drug-likeness (QED) is 0.784. The van der Waals surface area contributed by atoms with Crippen molar-refractivity contribution in [3.05, 3.63) is 0 Å². The summed E-state index contributed by atoms with van der Waals surface area (Å²) in [7, 11) is -4.88. The van der Waals surface area contributed by atoms with Gasteiger partial charge in [-0.1, -0.05) is 0 Å². The predicted molar refractivity (Wildman–Crippen MR) is 54.1 cm³/mol. The molecule has 0 aromatic heterocycles. The molecule has 0 unspecified atom stereocenters. The Morgan fingerprint density at radius 1 is 1.37 bits per heavy atom. The summed E-state index contributed by atoms with van der Waals surface area (Å²) in [5, 5.41) is 0.422. The first-order chi connectivity index (χ1) is 8.57. The maximum atomic E-state index is 12.3. The summed E-state index contributed by atoms with van der Waals surface area (Å²) in [4.78, 5) is 12.7. The molecule has 1 N–H and O–H groups in total. The molecule has 0 aromatic carbocycles. The third-order valence-electron chi connectivity index (χ3n) is 3.09. The van der Waals surface area contributed by atoms with E-state index in [0.717, 1.165) is 4.90 Å². The number of carbonyl (C=O) groups excluding carboxylic acids is 1. The standard InChI is InChI=1S/C8H11F3N2O5S/c9-8(10,11)3-5-1-2-6-4-12(5)7(14)13(6)18-19(15,16)17/h5-6H,1-4H2,(H,15,16,17)/t5-,6+/m0/s1. The number of piperidine rings is 1. The largest absolute Gasteiger partial charge is 0.418 e. The Hall–Kier alpha value is -1.07. The molecule has 2 atom stereocenters. The molecule has 19 heavy (non-hydrogen) atoms. The van der Waals surface area contributed by atoms with Gasteiger partial charge in [0.15, 0.2) is 0 Å². The zero-order valence-corrected chi connectivity index (χ0v) is 10.3. The number of rotatable bonds is 3. The summed E-state index contributed by atoms with van der Waals surface area (Å²) in [6.45, 7) is -0.0465. The highest BCUT2D eigenvalue weighted by Crippen LogP contribution is 2.35. The predicted octanol–water partition coefficient (Wildman–Crippen LogP) is 0.942. The Kier molecular flexibility index (Phi) is 3.39. The second-order valence-corrected chi connectivity index (χ2v) is 5.47. The molecule has 2 heterocycles. The zero-order chi connectivity index (χ0) is 14.4. The van der Waals surface area contributed by atoms with Crippen molar-refractivity contribution in [3.63, 3.8) is 0 Å². The Bertz CT molecular complexity index is 479. The van der Waals surface area contributed by atoms with Crippen LogP contribution in [0, 0.1) is 0 Å². The number of alkyl halides is 3. The molecule has 2 rings (SSSR count). The third kappa shape index (κ3) is 3.28. The van der Waals surface area contributed by atoms with Crippen LogP contribution in [-0.2, 0) is 14.7 Å². The SMILES string of the molecule is O=C1N2C[C@@H](CC[C@H]2CC(F)(F)F)N1OS(=O)(=O)O. The number of hydrogen-bond donors (Lipinski definition) is 1. The van der Waals surface area contributed by atoms with E-state index >= 15 is 0 Å². The van der Waals surface area contributed by atoms with E-state index in [1.165, 1.54) is 0 Å². The molecule has 0 spiro atoms. The first-order valence-electron chi connectivity index (χ1n) is 5.40. The summed E-state index contributed by atoms with van der Waals surface area (Å²) in [5.41, 5.74) is 0. The highest BCUT2D eigenvalue weighted by molar-refractivity contribution is 7.80. The summed E-state index contributed by atoms with van der Waals surface area (Å²) in [5.74, 6) is 0. The fourth-order valence-corrected chi connectivity index (χ4v) is 2.78. The van der Waals surface area contributed by atoms with Crippen LogP contribution in [0.3, 0.4) is 0 Å². The van der Waals surface area contributed by atoms with E-state index in [2.05, 4.69) is 4.28 Å². The van der Waals surface area contributed by atoms with Gasteiger partial charge in [0, 0.05) is 12.6 Å². The van der Waals surface area contributed by atoms with E-state index in [-0.39, 0.29) is 19.4 Å².